The molecular formula is C30H24BrNO2. The van der Waals surface area contributed by atoms with Crippen LogP contribution in [0.2, 0.25) is 0 Å². The number of anilines is 1. The molecule has 4 aromatic carbocycles. The molecule has 3 nitrogen and oxygen atoms in total. The van der Waals surface area contributed by atoms with Crippen LogP contribution >= 0.6 is 15.9 Å². The van der Waals surface area contributed by atoms with Crippen LogP contribution in [0, 0.1) is 6.92 Å². The zero-order valence-corrected chi connectivity index (χ0v) is 20.6. The van der Waals surface area contributed by atoms with Gasteiger partial charge in [-0.05, 0) is 64.7 Å². The van der Waals surface area contributed by atoms with Gasteiger partial charge in [-0.25, -0.2) is 0 Å². The summed E-state index contributed by atoms with van der Waals surface area (Å²) < 4.78 is 6.64. The third-order valence-corrected chi connectivity index (χ3v) is 8.15. The number of fused-ring (bicyclic) bond motifs is 3. The van der Waals surface area contributed by atoms with E-state index in [1.807, 2.05) is 24.3 Å². The van der Waals surface area contributed by atoms with E-state index in [4.69, 9.17) is 4.74 Å². The highest BCUT2D eigenvalue weighted by Gasteiger charge is 2.43. The van der Waals surface area contributed by atoms with Gasteiger partial charge in [0, 0.05) is 21.5 Å². The van der Waals surface area contributed by atoms with Crippen molar-refractivity contribution in [1.82, 2.24) is 0 Å². The minimum Gasteiger partial charge on any atom is -0.496 e. The normalized spacial score (nSPS) is 18.4. The van der Waals surface area contributed by atoms with Crippen molar-refractivity contribution in [2.24, 2.45) is 0 Å². The molecule has 6 rings (SSSR count). The summed E-state index contributed by atoms with van der Waals surface area (Å²) in [5, 5.41) is 5.45. The number of halogens is 1. The summed E-state index contributed by atoms with van der Waals surface area (Å²) in [5.41, 5.74) is 8.09. The first-order valence-electron chi connectivity index (χ1n) is 11.5. The zero-order valence-electron chi connectivity index (χ0n) is 19.1. The van der Waals surface area contributed by atoms with Crippen molar-refractivity contribution in [2.45, 2.75) is 25.2 Å². The Labute approximate surface area is 207 Å². The quantitative estimate of drug-likeness (QED) is 0.311. The van der Waals surface area contributed by atoms with Crippen LogP contribution in [-0.2, 0) is 11.2 Å². The number of hydrogen-bond acceptors (Lipinski definition) is 2. The summed E-state index contributed by atoms with van der Waals surface area (Å²) in [6, 6.07) is 25.1. The Kier molecular flexibility index (Phi) is 5.07. The topological polar surface area (TPSA) is 38.3 Å². The van der Waals surface area contributed by atoms with Crippen LogP contribution in [0.5, 0.6) is 5.75 Å². The lowest BCUT2D eigenvalue weighted by Crippen LogP contribution is -2.21. The van der Waals surface area contributed by atoms with Gasteiger partial charge in [0.15, 0.2) is 0 Å². The number of carbonyl (C=O) groups is 1. The van der Waals surface area contributed by atoms with Gasteiger partial charge in [-0.2, -0.15) is 0 Å². The summed E-state index contributed by atoms with van der Waals surface area (Å²) >= 11 is 3.68. The van der Waals surface area contributed by atoms with Gasteiger partial charge < -0.3 is 10.1 Å². The van der Waals surface area contributed by atoms with Gasteiger partial charge in [0.2, 0.25) is 5.91 Å². The maximum absolute atomic E-state index is 13.4. The molecule has 1 aliphatic heterocycles. The fourth-order valence-corrected chi connectivity index (χ4v) is 6.07. The van der Waals surface area contributed by atoms with Crippen molar-refractivity contribution in [1.29, 1.82) is 0 Å². The van der Waals surface area contributed by atoms with E-state index in [2.05, 4.69) is 82.8 Å². The lowest BCUT2D eigenvalue weighted by atomic mass is 9.77. The van der Waals surface area contributed by atoms with Gasteiger partial charge in [-0.1, -0.05) is 82.2 Å². The number of ether oxygens (including phenoxy) is 1. The van der Waals surface area contributed by atoms with Gasteiger partial charge in [0.05, 0.1) is 13.0 Å². The molecule has 34 heavy (non-hydrogen) atoms. The molecule has 1 heterocycles. The van der Waals surface area contributed by atoms with E-state index in [0.717, 1.165) is 38.8 Å². The Morgan fingerprint density at radius 3 is 2.50 bits per heavy atom. The predicted octanol–water partition coefficient (Wildman–Crippen LogP) is 7.38. The monoisotopic (exact) mass is 509 g/mol. The molecule has 1 amide bonds. The van der Waals surface area contributed by atoms with Crippen molar-refractivity contribution in [3.63, 3.8) is 0 Å². The van der Waals surface area contributed by atoms with Crippen molar-refractivity contribution < 1.29 is 9.53 Å². The molecule has 0 spiro atoms. The molecule has 4 aromatic rings. The molecule has 168 valence electrons. The second kappa shape index (κ2) is 8.14. The Bertz CT molecular complexity index is 1500. The van der Waals surface area contributed by atoms with E-state index >= 15 is 0 Å². The number of carbonyl (C=O) groups excluding carboxylic acids is 1. The second-order valence-electron chi connectivity index (χ2n) is 9.08. The molecule has 0 saturated carbocycles. The fourth-order valence-electron chi connectivity index (χ4n) is 5.73. The number of amides is 1. The highest BCUT2D eigenvalue weighted by molar-refractivity contribution is 9.10. The van der Waals surface area contributed by atoms with Crippen molar-refractivity contribution >= 4 is 44.4 Å². The molecule has 0 aromatic heterocycles. The summed E-state index contributed by atoms with van der Waals surface area (Å²) in [4.78, 5) is 13.4. The molecule has 1 aliphatic carbocycles. The van der Waals surface area contributed by atoms with E-state index < -0.39 is 0 Å². The number of rotatable bonds is 4. The zero-order chi connectivity index (χ0) is 23.4. The van der Waals surface area contributed by atoms with E-state index in [1.54, 1.807) is 7.11 Å². The molecule has 1 N–H and O–H groups in total. The third kappa shape index (κ3) is 3.20. The van der Waals surface area contributed by atoms with Crippen LogP contribution in [0.1, 0.15) is 39.7 Å². The average molecular weight is 510 g/mol. The molecule has 4 heteroatoms. The molecular weight excluding hydrogens is 486 g/mol. The Morgan fingerprint density at radius 2 is 1.68 bits per heavy atom. The van der Waals surface area contributed by atoms with E-state index in [0.29, 0.717) is 0 Å². The third-order valence-electron chi connectivity index (χ3n) is 7.29. The fraction of sp³-hybridized carbons (Fsp3) is 0.167. The van der Waals surface area contributed by atoms with E-state index in [9.17, 15) is 4.79 Å². The van der Waals surface area contributed by atoms with Gasteiger partial charge in [0.25, 0.3) is 0 Å². The molecule has 0 fully saturated rings. The molecule has 0 saturated heterocycles. The van der Waals surface area contributed by atoms with Crippen molar-refractivity contribution in [3.8, 4) is 5.75 Å². The first-order chi connectivity index (χ1) is 16.6. The number of hydrogen-bond donors (Lipinski definition) is 1. The first kappa shape index (κ1) is 21.2. The molecule has 0 bridgehead atoms. The summed E-state index contributed by atoms with van der Waals surface area (Å²) in [5.74, 6) is 0.686. The minimum absolute atomic E-state index is 0.00804. The maximum atomic E-state index is 13.4. The van der Waals surface area contributed by atoms with Gasteiger partial charge in [-0.15, -0.1) is 0 Å². The second-order valence-corrected chi connectivity index (χ2v) is 9.93. The minimum atomic E-state index is -0.257. The smallest absolute Gasteiger partial charge is 0.232 e. The lowest BCUT2D eigenvalue weighted by Gasteiger charge is -2.24. The van der Waals surface area contributed by atoms with Crippen LogP contribution in [0.15, 0.2) is 82.8 Å². The van der Waals surface area contributed by atoms with E-state index in [1.165, 1.54) is 27.6 Å². The summed E-state index contributed by atoms with van der Waals surface area (Å²) in [6.07, 6.45) is 3.06. The SMILES string of the molecule is COc1ccc(CC2=Cc3ccccc3C2C2C(=O)Nc3ccc(Br)c(C)c32)c2ccccc12. The molecule has 2 atom stereocenters. The predicted molar refractivity (Wildman–Crippen MR) is 142 cm³/mol. The summed E-state index contributed by atoms with van der Waals surface area (Å²) in [7, 11) is 1.71. The number of methoxy groups -OCH3 is 1. The van der Waals surface area contributed by atoms with Crippen LogP contribution in [0.25, 0.3) is 16.8 Å². The number of nitrogens with one attached hydrogen (secondary N) is 1. The first-order valence-corrected chi connectivity index (χ1v) is 12.3. The highest BCUT2D eigenvalue weighted by atomic mass is 79.9. The maximum Gasteiger partial charge on any atom is 0.232 e. The number of benzene rings is 4. The standard InChI is InChI=1S/C30H24BrNO2/c1-17-24(31)12-13-25-27(17)29(30(33)32-25)28-20(15-18-7-3-4-9-22(18)28)16-19-11-14-26(34-2)23-10-6-5-8-21(19)23/h3-15,28-29H,16H2,1-2H3,(H,32,33). The molecule has 2 aliphatic rings. The average Bonchev–Trinajstić information content (AvgIpc) is 3.38. The molecule has 0 radical (unpaired) electrons. The highest BCUT2D eigenvalue weighted by Crippen LogP contribution is 2.52. The lowest BCUT2D eigenvalue weighted by molar-refractivity contribution is -0.117. The van der Waals surface area contributed by atoms with Crippen LogP contribution in [-0.4, -0.2) is 13.0 Å². The Morgan fingerprint density at radius 1 is 0.912 bits per heavy atom. The van der Waals surface area contributed by atoms with Gasteiger partial charge in [0.1, 0.15) is 5.75 Å². The van der Waals surface area contributed by atoms with Crippen molar-refractivity contribution in [3.05, 3.63) is 111 Å². The van der Waals surface area contributed by atoms with Crippen LogP contribution < -0.4 is 10.1 Å². The Balaban J connectivity index is 1.49. The largest absolute Gasteiger partial charge is 0.496 e. The van der Waals surface area contributed by atoms with Gasteiger partial charge >= 0.3 is 0 Å². The van der Waals surface area contributed by atoms with Crippen LogP contribution in [0.4, 0.5) is 5.69 Å². The van der Waals surface area contributed by atoms with E-state index in [-0.39, 0.29) is 17.7 Å². The number of allylic oxidation sites excluding steroid dienone is 1. The van der Waals surface area contributed by atoms with Crippen LogP contribution in [0.3, 0.4) is 0 Å². The molecule has 2 unspecified atom stereocenters. The Hall–Kier alpha value is -3.37. The van der Waals surface area contributed by atoms with Gasteiger partial charge in [-0.3, -0.25) is 4.79 Å². The van der Waals surface area contributed by atoms with Crippen molar-refractivity contribution in [2.75, 3.05) is 12.4 Å². The summed E-state index contributed by atoms with van der Waals surface area (Å²) in [6.45, 7) is 2.09.